The second kappa shape index (κ2) is 9.67. The Morgan fingerprint density at radius 2 is 2.03 bits per heavy atom. The minimum absolute atomic E-state index is 0.416. The Balaban J connectivity index is 1.61. The van der Waals surface area contributed by atoms with Crippen LogP contribution in [0.15, 0.2) is 48.5 Å². The van der Waals surface area contributed by atoms with Gasteiger partial charge in [-0.05, 0) is 44.2 Å². The van der Waals surface area contributed by atoms with Crippen LogP contribution in [-0.4, -0.2) is 41.0 Å². The van der Waals surface area contributed by atoms with Crippen LogP contribution in [0.5, 0.6) is 0 Å². The fourth-order valence-electron chi connectivity index (χ4n) is 4.07. The van der Waals surface area contributed by atoms with Gasteiger partial charge in [0.2, 0.25) is 0 Å². The minimum Gasteiger partial charge on any atom is -0.449 e. The molecular weight excluding hydrogens is 426 g/mol. The Bertz CT molecular complexity index is 1160. The Hall–Kier alpha value is -2.96. The summed E-state index contributed by atoms with van der Waals surface area (Å²) >= 11 is 5.98. The predicted molar refractivity (Wildman–Crippen MR) is 126 cm³/mol. The van der Waals surface area contributed by atoms with Gasteiger partial charge in [-0.3, -0.25) is 14.7 Å². The molecule has 0 saturated heterocycles. The number of anilines is 1. The van der Waals surface area contributed by atoms with Crippen molar-refractivity contribution in [2.24, 2.45) is 0 Å². The highest BCUT2D eigenvalue weighted by molar-refractivity contribution is 6.30. The molecule has 1 aliphatic rings. The Morgan fingerprint density at radius 3 is 2.81 bits per heavy atom. The number of para-hydroxylation sites is 1. The van der Waals surface area contributed by atoms with Crippen molar-refractivity contribution in [3.05, 3.63) is 70.4 Å². The van der Waals surface area contributed by atoms with E-state index < -0.39 is 18.0 Å². The predicted octanol–water partition coefficient (Wildman–Crippen LogP) is 4.84. The maximum atomic E-state index is 13.3. The van der Waals surface area contributed by atoms with Crippen LogP contribution in [0.2, 0.25) is 5.02 Å². The number of pyridine rings is 1. The number of carbonyl (C=O) groups excluding carboxylic acids is 2. The molecule has 166 valence electrons. The van der Waals surface area contributed by atoms with Crippen molar-refractivity contribution in [3.63, 3.8) is 0 Å². The number of amides is 1. The largest absolute Gasteiger partial charge is 0.449 e. The zero-order valence-corrected chi connectivity index (χ0v) is 19.0. The van der Waals surface area contributed by atoms with E-state index in [0.29, 0.717) is 22.8 Å². The molecule has 0 saturated carbocycles. The Labute approximate surface area is 192 Å². The molecule has 4 rings (SSSR count). The zero-order chi connectivity index (χ0) is 22.7. The summed E-state index contributed by atoms with van der Waals surface area (Å²) in [6.07, 6.45) is 0.849. The van der Waals surface area contributed by atoms with Crippen LogP contribution in [0.25, 0.3) is 10.9 Å². The van der Waals surface area contributed by atoms with Gasteiger partial charge < -0.3 is 10.1 Å². The van der Waals surface area contributed by atoms with E-state index in [9.17, 15) is 9.59 Å². The van der Waals surface area contributed by atoms with E-state index in [4.69, 9.17) is 21.3 Å². The van der Waals surface area contributed by atoms with Crippen molar-refractivity contribution in [3.8, 4) is 0 Å². The number of rotatable bonds is 6. The molecule has 0 fully saturated rings. The van der Waals surface area contributed by atoms with Gasteiger partial charge in [0.15, 0.2) is 6.10 Å². The van der Waals surface area contributed by atoms with E-state index in [0.717, 1.165) is 48.1 Å². The summed E-state index contributed by atoms with van der Waals surface area (Å²) < 4.78 is 5.64. The van der Waals surface area contributed by atoms with Crippen molar-refractivity contribution in [1.82, 2.24) is 9.88 Å². The number of carbonyl (C=O) groups is 2. The highest BCUT2D eigenvalue weighted by Gasteiger charge is 2.28. The van der Waals surface area contributed by atoms with Crippen LogP contribution in [-0.2, 0) is 22.5 Å². The molecular formula is C25H26ClN3O3. The molecule has 32 heavy (non-hydrogen) atoms. The molecule has 3 aromatic rings. The van der Waals surface area contributed by atoms with Gasteiger partial charge in [0.1, 0.15) is 0 Å². The zero-order valence-electron chi connectivity index (χ0n) is 18.2. The van der Waals surface area contributed by atoms with Gasteiger partial charge in [-0.15, -0.1) is 0 Å². The lowest BCUT2D eigenvalue weighted by atomic mass is 9.95. The van der Waals surface area contributed by atoms with Gasteiger partial charge in [-0.25, -0.2) is 4.79 Å². The van der Waals surface area contributed by atoms with E-state index >= 15 is 0 Å². The first-order valence-electron chi connectivity index (χ1n) is 10.9. The van der Waals surface area contributed by atoms with Gasteiger partial charge in [0.05, 0.1) is 11.1 Å². The average Bonchev–Trinajstić information content (AvgIpc) is 2.77. The summed E-state index contributed by atoms with van der Waals surface area (Å²) in [5, 5.41) is 4.00. The van der Waals surface area contributed by atoms with Crippen LogP contribution in [0.4, 0.5) is 5.69 Å². The number of nitrogens with one attached hydrogen (secondary N) is 1. The summed E-state index contributed by atoms with van der Waals surface area (Å²) in [5.41, 5.74) is 3.65. The number of fused-ring (bicyclic) bond motifs is 2. The second-order valence-electron chi connectivity index (χ2n) is 8.00. The first kappa shape index (κ1) is 22.2. The SMILES string of the molecule is CCCN1CCc2nc3ccccc3c(C(=O)OC(C)C(=O)Nc3cccc(Cl)c3)c2C1. The third kappa shape index (κ3) is 4.76. The number of ether oxygens (including phenoxy) is 1. The topological polar surface area (TPSA) is 71.5 Å². The van der Waals surface area contributed by atoms with Crippen LogP contribution < -0.4 is 5.32 Å². The van der Waals surface area contributed by atoms with Gasteiger partial charge in [0.25, 0.3) is 5.91 Å². The van der Waals surface area contributed by atoms with Crippen molar-refractivity contribution < 1.29 is 14.3 Å². The Kier molecular flexibility index (Phi) is 6.72. The van der Waals surface area contributed by atoms with E-state index in [1.54, 1.807) is 31.2 Å². The van der Waals surface area contributed by atoms with Gasteiger partial charge in [-0.1, -0.05) is 42.8 Å². The lowest BCUT2D eigenvalue weighted by Crippen LogP contribution is -2.34. The quantitative estimate of drug-likeness (QED) is 0.543. The number of hydrogen-bond donors (Lipinski definition) is 1. The normalized spacial score (nSPS) is 14.6. The molecule has 1 atom stereocenters. The molecule has 0 spiro atoms. The summed E-state index contributed by atoms with van der Waals surface area (Å²) in [7, 11) is 0. The molecule has 2 aromatic carbocycles. The number of benzene rings is 2. The minimum atomic E-state index is -0.973. The summed E-state index contributed by atoms with van der Waals surface area (Å²) in [6, 6.07) is 14.4. The standard InChI is InChI=1S/C25H26ClN3O3/c1-3-12-29-13-11-22-20(15-29)23(19-9-4-5-10-21(19)28-22)25(31)32-16(2)24(30)27-18-8-6-7-17(26)14-18/h4-10,14,16H,3,11-13,15H2,1-2H3,(H,27,30). The first-order valence-corrected chi connectivity index (χ1v) is 11.2. The maximum absolute atomic E-state index is 13.3. The fraction of sp³-hybridized carbons (Fsp3) is 0.320. The molecule has 0 radical (unpaired) electrons. The van der Waals surface area contributed by atoms with Crippen LogP contribution in [0, 0.1) is 0 Å². The van der Waals surface area contributed by atoms with E-state index in [-0.39, 0.29) is 0 Å². The van der Waals surface area contributed by atoms with Crippen LogP contribution in [0.1, 0.15) is 41.9 Å². The van der Waals surface area contributed by atoms with Crippen LogP contribution >= 0.6 is 11.6 Å². The first-order chi connectivity index (χ1) is 15.5. The number of hydrogen-bond acceptors (Lipinski definition) is 5. The number of nitrogens with zero attached hydrogens (tertiary/aromatic N) is 2. The van der Waals surface area contributed by atoms with E-state index in [2.05, 4.69) is 17.1 Å². The lowest BCUT2D eigenvalue weighted by molar-refractivity contribution is -0.123. The van der Waals surface area contributed by atoms with Crippen LogP contribution in [0.3, 0.4) is 0 Å². The maximum Gasteiger partial charge on any atom is 0.339 e. The molecule has 7 heteroatoms. The number of halogens is 1. The molecule has 1 aliphatic heterocycles. The summed E-state index contributed by atoms with van der Waals surface area (Å²) in [5.74, 6) is -0.924. The molecule has 1 aromatic heterocycles. The molecule has 0 bridgehead atoms. The van der Waals surface area contributed by atoms with E-state index in [1.807, 2.05) is 24.3 Å². The highest BCUT2D eigenvalue weighted by Crippen LogP contribution is 2.29. The molecule has 1 amide bonds. The third-order valence-corrected chi connectivity index (χ3v) is 5.85. The number of aromatic nitrogens is 1. The van der Waals surface area contributed by atoms with Crippen molar-refractivity contribution >= 4 is 40.1 Å². The molecule has 1 N–H and O–H groups in total. The smallest absolute Gasteiger partial charge is 0.339 e. The van der Waals surface area contributed by atoms with Gasteiger partial charge in [-0.2, -0.15) is 0 Å². The highest BCUT2D eigenvalue weighted by atomic mass is 35.5. The fourth-order valence-corrected chi connectivity index (χ4v) is 4.26. The molecule has 2 heterocycles. The average molecular weight is 452 g/mol. The summed E-state index contributed by atoms with van der Waals surface area (Å²) in [6.45, 7) is 6.23. The monoisotopic (exact) mass is 451 g/mol. The van der Waals surface area contributed by atoms with Crippen molar-refractivity contribution in [1.29, 1.82) is 0 Å². The van der Waals surface area contributed by atoms with Gasteiger partial charge >= 0.3 is 5.97 Å². The van der Waals surface area contributed by atoms with Gasteiger partial charge in [0, 0.05) is 46.9 Å². The Morgan fingerprint density at radius 1 is 1.22 bits per heavy atom. The number of esters is 1. The lowest BCUT2D eigenvalue weighted by Gasteiger charge is -2.29. The molecule has 0 aliphatic carbocycles. The third-order valence-electron chi connectivity index (χ3n) is 5.61. The second-order valence-corrected chi connectivity index (χ2v) is 8.44. The molecule has 1 unspecified atom stereocenters. The molecule has 6 nitrogen and oxygen atoms in total. The van der Waals surface area contributed by atoms with E-state index in [1.165, 1.54) is 0 Å². The van der Waals surface area contributed by atoms with Crippen molar-refractivity contribution in [2.75, 3.05) is 18.4 Å². The summed E-state index contributed by atoms with van der Waals surface area (Å²) in [4.78, 5) is 33.1. The van der Waals surface area contributed by atoms with Crippen molar-refractivity contribution in [2.45, 2.75) is 39.3 Å².